The zero-order chi connectivity index (χ0) is 13.8. The van der Waals surface area contributed by atoms with Crippen LogP contribution in [0.15, 0.2) is 18.2 Å². The Bertz CT molecular complexity index is 464. The summed E-state index contributed by atoms with van der Waals surface area (Å²) < 4.78 is 0. The first-order valence-electron chi connectivity index (χ1n) is 6.60. The summed E-state index contributed by atoms with van der Waals surface area (Å²) in [6.07, 6.45) is 0. The third kappa shape index (κ3) is 3.19. The van der Waals surface area contributed by atoms with E-state index in [1.807, 2.05) is 19.2 Å². The molecule has 1 fully saturated rings. The Morgan fingerprint density at radius 1 is 1.37 bits per heavy atom. The number of likely N-dealkylation sites (N-methyl/N-ethyl adjacent to an activating group) is 1. The second-order valence-corrected chi connectivity index (χ2v) is 5.17. The molecule has 0 spiro atoms. The normalized spacial score (nSPS) is 16.1. The van der Waals surface area contributed by atoms with Gasteiger partial charge < -0.3 is 15.1 Å². The van der Waals surface area contributed by atoms with Gasteiger partial charge in [0.25, 0.3) is 0 Å². The molecule has 4 nitrogen and oxygen atoms in total. The van der Waals surface area contributed by atoms with Crippen molar-refractivity contribution in [3.8, 4) is 0 Å². The molecule has 0 aromatic heterocycles. The second kappa shape index (κ2) is 6.26. The van der Waals surface area contributed by atoms with E-state index in [-0.39, 0.29) is 5.91 Å². The number of hydrogen-bond donors (Lipinski definition) is 1. The largest absolute Gasteiger partial charge is 0.359 e. The molecule has 1 heterocycles. The van der Waals surface area contributed by atoms with Gasteiger partial charge in [0.05, 0.1) is 17.3 Å². The van der Waals surface area contributed by atoms with Gasteiger partial charge in [0.15, 0.2) is 0 Å². The van der Waals surface area contributed by atoms with Crippen LogP contribution in [-0.4, -0.2) is 44.0 Å². The quantitative estimate of drug-likeness (QED) is 0.913. The lowest BCUT2D eigenvalue weighted by Crippen LogP contribution is -2.49. The van der Waals surface area contributed by atoms with E-state index in [1.54, 1.807) is 4.90 Å². The molecule has 0 radical (unpaired) electrons. The van der Waals surface area contributed by atoms with Gasteiger partial charge in [-0.3, -0.25) is 4.79 Å². The van der Waals surface area contributed by atoms with Crippen LogP contribution in [0, 0.1) is 0 Å². The maximum absolute atomic E-state index is 11.8. The van der Waals surface area contributed by atoms with Gasteiger partial charge >= 0.3 is 0 Å². The van der Waals surface area contributed by atoms with E-state index in [0.29, 0.717) is 11.6 Å². The van der Waals surface area contributed by atoms with Crippen LogP contribution in [0.3, 0.4) is 0 Å². The molecule has 5 heteroatoms. The second-order valence-electron chi connectivity index (χ2n) is 4.76. The Labute approximate surface area is 119 Å². The molecule has 0 bridgehead atoms. The van der Waals surface area contributed by atoms with E-state index in [0.717, 1.165) is 37.4 Å². The van der Waals surface area contributed by atoms with Crippen LogP contribution in [0.2, 0.25) is 5.02 Å². The van der Waals surface area contributed by atoms with Gasteiger partial charge in [-0.15, -0.1) is 0 Å². The van der Waals surface area contributed by atoms with Gasteiger partial charge in [0.1, 0.15) is 0 Å². The van der Waals surface area contributed by atoms with Crippen LogP contribution in [0.4, 0.5) is 5.69 Å². The number of amides is 1. The summed E-state index contributed by atoms with van der Waals surface area (Å²) in [6, 6.07) is 5.90. The van der Waals surface area contributed by atoms with Crippen molar-refractivity contribution in [1.29, 1.82) is 0 Å². The van der Waals surface area contributed by atoms with Crippen LogP contribution in [-0.2, 0) is 11.3 Å². The summed E-state index contributed by atoms with van der Waals surface area (Å²) in [6.45, 7) is 5.72. The summed E-state index contributed by atoms with van der Waals surface area (Å²) in [7, 11) is 1.84. The first kappa shape index (κ1) is 14.2. The summed E-state index contributed by atoms with van der Waals surface area (Å²) in [5, 5.41) is 4.03. The van der Waals surface area contributed by atoms with Crippen molar-refractivity contribution in [3.05, 3.63) is 28.8 Å². The van der Waals surface area contributed by atoms with E-state index < -0.39 is 0 Å². The molecular weight excluding hydrogens is 262 g/mol. The minimum Gasteiger partial charge on any atom is -0.359 e. The first-order valence-corrected chi connectivity index (χ1v) is 6.98. The van der Waals surface area contributed by atoms with E-state index in [9.17, 15) is 4.79 Å². The number of anilines is 1. The highest BCUT2D eigenvalue weighted by molar-refractivity contribution is 6.33. The predicted octanol–water partition coefficient (Wildman–Crippen LogP) is 1.73. The topological polar surface area (TPSA) is 35.6 Å². The highest BCUT2D eigenvalue weighted by atomic mass is 35.5. The monoisotopic (exact) mass is 281 g/mol. The van der Waals surface area contributed by atoms with Crippen LogP contribution < -0.4 is 10.2 Å². The van der Waals surface area contributed by atoms with E-state index in [2.05, 4.69) is 23.2 Å². The Morgan fingerprint density at radius 3 is 2.84 bits per heavy atom. The summed E-state index contributed by atoms with van der Waals surface area (Å²) in [5.74, 6) is 0.139. The minimum atomic E-state index is 0.139. The number of carbonyl (C=O) groups is 1. The van der Waals surface area contributed by atoms with Crippen LogP contribution in [0.25, 0.3) is 0 Å². The predicted molar refractivity (Wildman–Crippen MR) is 78.7 cm³/mol. The zero-order valence-corrected chi connectivity index (χ0v) is 12.2. The number of piperazine rings is 1. The average molecular weight is 282 g/mol. The van der Waals surface area contributed by atoms with E-state index >= 15 is 0 Å². The summed E-state index contributed by atoms with van der Waals surface area (Å²) in [4.78, 5) is 15.7. The molecule has 1 aromatic rings. The minimum absolute atomic E-state index is 0.139. The van der Waals surface area contributed by atoms with Gasteiger partial charge in [-0.2, -0.15) is 0 Å². The molecule has 1 aliphatic heterocycles. The standard InChI is InChI=1S/C14H20ClN3O/c1-3-16-9-11-5-4-6-12(15)14(11)18-8-7-17(2)13(19)10-18/h4-6,16H,3,7-10H2,1-2H3. The fourth-order valence-corrected chi connectivity index (χ4v) is 2.58. The molecule has 0 saturated carbocycles. The molecule has 19 heavy (non-hydrogen) atoms. The average Bonchev–Trinajstić information content (AvgIpc) is 2.40. The molecule has 104 valence electrons. The first-order chi connectivity index (χ1) is 9.13. The maximum atomic E-state index is 11.8. The molecule has 1 aromatic carbocycles. The van der Waals surface area contributed by atoms with Crippen molar-refractivity contribution >= 4 is 23.2 Å². The van der Waals surface area contributed by atoms with Gasteiger partial charge in [-0.25, -0.2) is 0 Å². The summed E-state index contributed by atoms with van der Waals surface area (Å²) in [5.41, 5.74) is 2.14. The lowest BCUT2D eigenvalue weighted by molar-refractivity contribution is -0.129. The van der Waals surface area contributed by atoms with Crippen molar-refractivity contribution in [3.63, 3.8) is 0 Å². The molecule has 2 rings (SSSR count). The number of para-hydroxylation sites is 1. The van der Waals surface area contributed by atoms with Crippen LogP contribution >= 0.6 is 11.6 Å². The number of nitrogens with one attached hydrogen (secondary N) is 1. The Kier molecular flexibility index (Phi) is 4.66. The number of rotatable bonds is 4. The molecular formula is C14H20ClN3O. The lowest BCUT2D eigenvalue weighted by Gasteiger charge is -2.35. The molecule has 1 N–H and O–H groups in total. The molecule has 0 atom stereocenters. The molecule has 1 aliphatic rings. The van der Waals surface area contributed by atoms with Crippen LogP contribution in [0.5, 0.6) is 0 Å². The molecule has 1 amide bonds. The Morgan fingerprint density at radius 2 is 2.16 bits per heavy atom. The fraction of sp³-hybridized carbons (Fsp3) is 0.500. The highest BCUT2D eigenvalue weighted by Gasteiger charge is 2.24. The van der Waals surface area contributed by atoms with E-state index in [4.69, 9.17) is 11.6 Å². The third-order valence-electron chi connectivity index (χ3n) is 3.41. The van der Waals surface area contributed by atoms with Crippen molar-refractivity contribution in [1.82, 2.24) is 10.2 Å². The smallest absolute Gasteiger partial charge is 0.241 e. The maximum Gasteiger partial charge on any atom is 0.241 e. The molecule has 0 unspecified atom stereocenters. The van der Waals surface area contributed by atoms with Crippen molar-refractivity contribution in [2.24, 2.45) is 0 Å². The molecule has 1 saturated heterocycles. The lowest BCUT2D eigenvalue weighted by atomic mass is 10.1. The molecule has 0 aliphatic carbocycles. The number of halogens is 1. The SMILES string of the molecule is CCNCc1cccc(Cl)c1N1CCN(C)C(=O)C1. The van der Waals surface area contributed by atoms with Crippen molar-refractivity contribution in [2.75, 3.05) is 38.1 Å². The third-order valence-corrected chi connectivity index (χ3v) is 3.71. The van der Waals surface area contributed by atoms with Crippen LogP contribution in [0.1, 0.15) is 12.5 Å². The van der Waals surface area contributed by atoms with Gasteiger partial charge in [-0.05, 0) is 18.2 Å². The number of hydrogen-bond acceptors (Lipinski definition) is 3. The number of benzene rings is 1. The van der Waals surface area contributed by atoms with Gasteiger partial charge in [0.2, 0.25) is 5.91 Å². The Balaban J connectivity index is 2.25. The number of carbonyl (C=O) groups excluding carboxylic acids is 1. The highest BCUT2D eigenvalue weighted by Crippen LogP contribution is 2.30. The van der Waals surface area contributed by atoms with E-state index in [1.165, 1.54) is 0 Å². The Hall–Kier alpha value is -1.26. The number of nitrogens with zero attached hydrogens (tertiary/aromatic N) is 2. The summed E-state index contributed by atoms with van der Waals surface area (Å²) >= 11 is 6.33. The van der Waals surface area contributed by atoms with Crippen molar-refractivity contribution < 1.29 is 4.79 Å². The fourth-order valence-electron chi connectivity index (χ4n) is 2.27. The van der Waals surface area contributed by atoms with Crippen molar-refractivity contribution in [2.45, 2.75) is 13.5 Å². The van der Waals surface area contributed by atoms with Gasteiger partial charge in [0, 0.05) is 26.7 Å². The zero-order valence-electron chi connectivity index (χ0n) is 11.4. The van der Waals surface area contributed by atoms with Gasteiger partial charge in [-0.1, -0.05) is 30.7 Å².